The van der Waals surface area contributed by atoms with Gasteiger partial charge in [0.25, 0.3) is 0 Å². The van der Waals surface area contributed by atoms with Gasteiger partial charge in [-0.1, -0.05) is 46.5 Å². The minimum Gasteiger partial charge on any atom is -0.437 e. The number of hydrogen-bond donors (Lipinski definition) is 0. The average Bonchev–Trinajstić information content (AvgIpc) is 2.49. The molecule has 2 fully saturated rings. The zero-order valence-electron chi connectivity index (χ0n) is 15.3. The third kappa shape index (κ3) is 3.94. The van der Waals surface area contributed by atoms with Crippen LogP contribution in [-0.4, -0.2) is 20.6 Å². The molecule has 0 bridgehead atoms. The molecule has 0 aromatic carbocycles. The van der Waals surface area contributed by atoms with E-state index in [1.54, 1.807) is 0 Å². The Kier molecular flexibility index (Phi) is 5.43. The molecule has 0 saturated heterocycles. The van der Waals surface area contributed by atoms with Crippen LogP contribution in [0.3, 0.4) is 0 Å². The lowest BCUT2D eigenvalue weighted by atomic mass is 9.62. The first-order valence-electron chi connectivity index (χ1n) is 9.00. The number of carbonyl (C=O) groups excluding carboxylic acids is 1. The van der Waals surface area contributed by atoms with Crippen LogP contribution in [0.25, 0.3) is 0 Å². The van der Waals surface area contributed by atoms with Gasteiger partial charge in [-0.2, -0.15) is 0 Å². The van der Waals surface area contributed by atoms with E-state index in [4.69, 9.17) is 9.16 Å². The van der Waals surface area contributed by atoms with Crippen molar-refractivity contribution in [2.75, 3.05) is 0 Å². The van der Waals surface area contributed by atoms with E-state index in [1.807, 2.05) is 6.92 Å². The van der Waals surface area contributed by atoms with Gasteiger partial charge in [0.1, 0.15) is 0 Å². The molecule has 22 heavy (non-hydrogen) atoms. The fourth-order valence-corrected chi connectivity index (χ4v) is 4.91. The molecule has 0 heterocycles. The summed E-state index contributed by atoms with van der Waals surface area (Å²) >= 11 is 0. The lowest BCUT2D eigenvalue weighted by Crippen LogP contribution is -2.46. The molecular formula is C18H34O3Si. The van der Waals surface area contributed by atoms with Gasteiger partial charge in [-0.3, -0.25) is 4.79 Å². The van der Waals surface area contributed by atoms with Crippen molar-refractivity contribution in [1.82, 2.24) is 0 Å². The van der Waals surface area contributed by atoms with Gasteiger partial charge in [0.05, 0.1) is 5.92 Å². The fraction of sp³-hybridized carbons (Fsp3) is 0.944. The number of carbonyl (C=O) groups is 1. The summed E-state index contributed by atoms with van der Waals surface area (Å²) in [5.41, 5.74) is 0. The van der Waals surface area contributed by atoms with Gasteiger partial charge in [-0.25, -0.2) is 0 Å². The first kappa shape index (κ1) is 18.0. The Hall–Kier alpha value is -0.353. The molecule has 0 N–H and O–H groups in total. The molecular weight excluding hydrogens is 292 g/mol. The van der Waals surface area contributed by atoms with Crippen LogP contribution in [0.5, 0.6) is 0 Å². The molecule has 2 aliphatic rings. The lowest BCUT2D eigenvalue weighted by Gasteiger charge is -2.43. The van der Waals surface area contributed by atoms with Crippen LogP contribution in [0, 0.1) is 17.8 Å². The van der Waals surface area contributed by atoms with Crippen molar-refractivity contribution in [1.29, 1.82) is 0 Å². The third-order valence-electron chi connectivity index (χ3n) is 6.14. The third-order valence-corrected chi connectivity index (χ3v) is 10.7. The van der Waals surface area contributed by atoms with Crippen LogP contribution < -0.4 is 0 Å². The van der Waals surface area contributed by atoms with Crippen molar-refractivity contribution in [3.63, 3.8) is 0 Å². The van der Waals surface area contributed by atoms with Crippen molar-refractivity contribution < 1.29 is 14.0 Å². The van der Waals surface area contributed by atoms with Gasteiger partial charge in [0, 0.05) is 0 Å². The van der Waals surface area contributed by atoms with Crippen molar-refractivity contribution in [3.8, 4) is 0 Å². The highest BCUT2D eigenvalue weighted by atomic mass is 28.4. The normalized spacial score (nSPS) is 30.7. The number of ether oxygens (including phenoxy) is 1. The van der Waals surface area contributed by atoms with Crippen molar-refractivity contribution in [2.24, 2.45) is 17.8 Å². The van der Waals surface area contributed by atoms with Crippen LogP contribution >= 0.6 is 0 Å². The van der Waals surface area contributed by atoms with Crippen LogP contribution in [-0.2, 0) is 14.0 Å². The summed E-state index contributed by atoms with van der Waals surface area (Å²) in [6.45, 7) is 12.9. The Morgan fingerprint density at radius 3 is 2.41 bits per heavy atom. The van der Waals surface area contributed by atoms with Crippen molar-refractivity contribution >= 4 is 14.3 Å². The number of hydrogen-bond acceptors (Lipinski definition) is 3. The van der Waals surface area contributed by atoms with Crippen LogP contribution in [0.2, 0.25) is 18.1 Å². The fourth-order valence-electron chi connectivity index (χ4n) is 3.68. The van der Waals surface area contributed by atoms with E-state index < -0.39 is 14.6 Å². The minimum atomic E-state index is -1.88. The van der Waals surface area contributed by atoms with E-state index >= 15 is 0 Å². The van der Waals surface area contributed by atoms with Gasteiger partial charge >= 0.3 is 5.97 Å². The second-order valence-electron chi connectivity index (χ2n) is 8.79. The number of rotatable bonds is 4. The molecule has 4 heteroatoms. The molecule has 0 aromatic heterocycles. The monoisotopic (exact) mass is 326 g/mol. The first-order chi connectivity index (χ1) is 10.1. The lowest BCUT2D eigenvalue weighted by molar-refractivity contribution is -0.177. The largest absolute Gasteiger partial charge is 0.437 e. The molecule has 0 aromatic rings. The molecule has 2 saturated carbocycles. The molecule has 2 rings (SSSR count). The predicted molar refractivity (Wildman–Crippen MR) is 92.0 cm³/mol. The molecule has 0 amide bonds. The highest BCUT2D eigenvalue weighted by Crippen LogP contribution is 2.48. The number of esters is 1. The summed E-state index contributed by atoms with van der Waals surface area (Å²) in [5.74, 6) is 1.47. The topological polar surface area (TPSA) is 35.5 Å². The summed E-state index contributed by atoms with van der Waals surface area (Å²) in [5, 5.41) is 0.135. The van der Waals surface area contributed by atoms with Crippen molar-refractivity contribution in [2.45, 2.75) is 90.6 Å². The summed E-state index contributed by atoms with van der Waals surface area (Å²) in [7, 11) is -1.88. The van der Waals surface area contributed by atoms with Crippen LogP contribution in [0.15, 0.2) is 0 Å². The Morgan fingerprint density at radius 1 is 1.14 bits per heavy atom. The summed E-state index contributed by atoms with van der Waals surface area (Å²) < 4.78 is 11.8. The standard InChI is InChI=1S/C18H34O3Si/c1-13(21-22(5,6)18(2,3)4)20-17(19)16-12-14-10-8-7-9-11-15(14)16/h13-16H,7-12H2,1-6H3/t13?,14-,15+,16?/m0/s1. The molecule has 128 valence electrons. The SMILES string of the molecule is CC(OC(=O)C1C[C@@H]2CCCCC[C@@H]12)O[Si](C)(C)C(C)(C)C. The molecule has 4 atom stereocenters. The molecule has 3 nitrogen and oxygen atoms in total. The Morgan fingerprint density at radius 2 is 1.77 bits per heavy atom. The summed E-state index contributed by atoms with van der Waals surface area (Å²) in [4.78, 5) is 12.5. The van der Waals surface area contributed by atoms with Crippen molar-refractivity contribution in [3.05, 3.63) is 0 Å². The number of fused-ring (bicyclic) bond motifs is 1. The minimum absolute atomic E-state index is 0.0191. The maximum atomic E-state index is 12.5. The highest BCUT2D eigenvalue weighted by molar-refractivity contribution is 6.74. The summed E-state index contributed by atoms with van der Waals surface area (Å²) in [6.07, 6.45) is 7.09. The molecule has 2 aliphatic carbocycles. The van der Waals surface area contributed by atoms with Gasteiger partial charge in [0.2, 0.25) is 0 Å². The maximum absolute atomic E-state index is 12.5. The van der Waals surface area contributed by atoms with E-state index in [9.17, 15) is 4.79 Å². The van der Waals surface area contributed by atoms with Crippen LogP contribution in [0.4, 0.5) is 0 Å². The van der Waals surface area contributed by atoms with Gasteiger partial charge in [0.15, 0.2) is 14.6 Å². The summed E-state index contributed by atoms with van der Waals surface area (Å²) in [6, 6.07) is 0. The maximum Gasteiger partial charge on any atom is 0.311 e. The van der Waals surface area contributed by atoms with E-state index in [1.165, 1.54) is 32.1 Å². The average molecular weight is 327 g/mol. The van der Waals surface area contributed by atoms with Gasteiger partial charge in [-0.05, 0) is 49.7 Å². The molecule has 2 unspecified atom stereocenters. The molecule has 0 aliphatic heterocycles. The molecule has 0 radical (unpaired) electrons. The highest BCUT2D eigenvalue weighted by Gasteiger charge is 2.46. The predicted octanol–water partition coefficient (Wildman–Crippen LogP) is 5.11. The Labute approximate surface area is 137 Å². The second-order valence-corrected chi connectivity index (χ2v) is 13.5. The quantitative estimate of drug-likeness (QED) is 0.409. The van der Waals surface area contributed by atoms with E-state index in [0.29, 0.717) is 5.92 Å². The van der Waals surface area contributed by atoms with E-state index in [0.717, 1.165) is 12.3 Å². The Balaban J connectivity index is 1.84. The van der Waals surface area contributed by atoms with Crippen LogP contribution in [0.1, 0.15) is 66.2 Å². The van der Waals surface area contributed by atoms with E-state index in [2.05, 4.69) is 33.9 Å². The smallest absolute Gasteiger partial charge is 0.311 e. The zero-order chi connectivity index (χ0) is 16.5. The van der Waals surface area contributed by atoms with E-state index in [-0.39, 0.29) is 16.9 Å². The first-order valence-corrected chi connectivity index (χ1v) is 11.9. The van der Waals surface area contributed by atoms with Gasteiger partial charge in [-0.15, -0.1) is 0 Å². The second kappa shape index (κ2) is 6.64. The zero-order valence-corrected chi connectivity index (χ0v) is 16.3. The molecule has 0 spiro atoms. The van der Waals surface area contributed by atoms with Gasteiger partial charge < -0.3 is 9.16 Å². The Bertz CT molecular complexity index is 400.